The molecule has 0 radical (unpaired) electrons. The van der Waals surface area contributed by atoms with Gasteiger partial charge >= 0.3 is 0 Å². The predicted octanol–water partition coefficient (Wildman–Crippen LogP) is 3.02. The molecule has 3 heteroatoms. The zero-order valence-corrected chi connectivity index (χ0v) is 10.0. The van der Waals surface area contributed by atoms with Crippen LogP contribution in [0.1, 0.15) is 44.9 Å². The molecule has 0 aromatic heterocycles. The normalized spacial score (nSPS) is 39.5. The zero-order valence-electron chi connectivity index (χ0n) is 10.0. The second-order valence-corrected chi connectivity index (χ2v) is 5.26. The van der Waals surface area contributed by atoms with E-state index in [1.807, 2.05) is 0 Å². The third kappa shape index (κ3) is 3.19. The van der Waals surface area contributed by atoms with E-state index >= 15 is 0 Å². The maximum absolute atomic E-state index is 13.6. The quantitative estimate of drug-likeness (QED) is 0.647. The molecule has 17 heavy (non-hydrogen) atoms. The lowest BCUT2D eigenvalue weighted by Crippen LogP contribution is -2.40. The number of alkyl halides is 2. The molecular weight excluding hydrogens is 222 g/mol. The lowest BCUT2D eigenvalue weighted by atomic mass is 9.83. The molecule has 0 saturated heterocycles. The van der Waals surface area contributed by atoms with Crippen LogP contribution in [0.3, 0.4) is 0 Å². The molecule has 2 aliphatic rings. The molecule has 1 nitrogen and oxygen atoms in total. The first-order valence-corrected chi connectivity index (χ1v) is 6.65. The van der Waals surface area contributed by atoms with Crippen LogP contribution in [0.25, 0.3) is 0 Å². The van der Waals surface area contributed by atoms with Gasteiger partial charge in [-0.15, -0.1) is 0 Å². The fraction of sp³-hybridized carbons (Fsp3) is 0.857. The van der Waals surface area contributed by atoms with E-state index in [-0.39, 0.29) is 0 Å². The summed E-state index contributed by atoms with van der Waals surface area (Å²) in [6, 6.07) is 0. The highest BCUT2D eigenvalue weighted by molar-refractivity contribution is 5.12. The molecule has 0 bridgehead atoms. The van der Waals surface area contributed by atoms with Gasteiger partial charge in [-0.1, -0.05) is 31.1 Å². The summed E-state index contributed by atoms with van der Waals surface area (Å²) < 4.78 is 26.9. The van der Waals surface area contributed by atoms with Crippen molar-refractivity contribution in [2.24, 2.45) is 11.8 Å². The molecular formula is C14H20F2O. The van der Waals surface area contributed by atoms with E-state index in [1.54, 1.807) is 0 Å². The molecule has 0 aromatic carbocycles. The third-order valence-electron chi connectivity index (χ3n) is 3.91. The van der Waals surface area contributed by atoms with Crippen LogP contribution in [0.15, 0.2) is 0 Å². The van der Waals surface area contributed by atoms with E-state index in [0.717, 1.165) is 12.8 Å². The Kier molecular flexibility index (Phi) is 4.39. The summed E-state index contributed by atoms with van der Waals surface area (Å²) in [5, 5.41) is 9.22. The summed E-state index contributed by atoms with van der Waals surface area (Å²) in [7, 11) is 0. The van der Waals surface area contributed by atoms with E-state index in [1.165, 1.54) is 19.3 Å². The van der Waals surface area contributed by atoms with Gasteiger partial charge in [-0.2, -0.15) is 0 Å². The molecule has 2 rings (SSSR count). The smallest absolute Gasteiger partial charge is 0.158 e. The number of aliphatic hydroxyl groups excluding tert-OH is 1. The average Bonchev–Trinajstić information content (AvgIpc) is 2.36. The molecule has 96 valence electrons. The minimum absolute atomic E-state index is 0.325. The van der Waals surface area contributed by atoms with Crippen molar-refractivity contribution in [3.05, 3.63) is 0 Å². The lowest BCUT2D eigenvalue weighted by Gasteiger charge is -2.29. The van der Waals surface area contributed by atoms with Crippen LogP contribution < -0.4 is 0 Å². The Hall–Kier alpha value is -0.620. The highest BCUT2D eigenvalue weighted by Gasteiger charge is 2.38. The van der Waals surface area contributed by atoms with Crippen LogP contribution in [-0.2, 0) is 0 Å². The van der Waals surface area contributed by atoms with Crippen molar-refractivity contribution in [3.63, 3.8) is 0 Å². The fourth-order valence-electron chi connectivity index (χ4n) is 2.73. The van der Waals surface area contributed by atoms with E-state index in [2.05, 4.69) is 11.8 Å². The van der Waals surface area contributed by atoms with E-state index in [0.29, 0.717) is 18.8 Å². The molecule has 0 aromatic rings. The first kappa shape index (κ1) is 12.8. The Labute approximate surface area is 102 Å². The first-order valence-electron chi connectivity index (χ1n) is 6.65. The van der Waals surface area contributed by atoms with Crippen molar-refractivity contribution in [2.45, 2.75) is 63.4 Å². The summed E-state index contributed by atoms with van der Waals surface area (Å²) in [5.41, 5.74) is 0. The number of halogens is 2. The van der Waals surface area contributed by atoms with Gasteiger partial charge < -0.3 is 5.11 Å². The Bertz CT molecular complexity index is 301. The van der Waals surface area contributed by atoms with Crippen LogP contribution in [0.2, 0.25) is 0 Å². The topological polar surface area (TPSA) is 20.2 Å². The van der Waals surface area contributed by atoms with Crippen molar-refractivity contribution in [1.29, 1.82) is 0 Å². The second-order valence-electron chi connectivity index (χ2n) is 5.26. The molecule has 0 amide bonds. The van der Waals surface area contributed by atoms with Gasteiger partial charge in [0, 0.05) is 5.92 Å². The number of hydrogen-bond donors (Lipinski definition) is 1. The van der Waals surface area contributed by atoms with Gasteiger partial charge in [0.2, 0.25) is 0 Å². The maximum Gasteiger partial charge on any atom is 0.158 e. The molecule has 1 N–H and O–H groups in total. The fourth-order valence-corrected chi connectivity index (χ4v) is 2.73. The van der Waals surface area contributed by atoms with Crippen molar-refractivity contribution >= 4 is 0 Å². The largest absolute Gasteiger partial charge is 0.390 e. The van der Waals surface area contributed by atoms with Gasteiger partial charge in [0.05, 0.1) is 12.0 Å². The van der Waals surface area contributed by atoms with Crippen LogP contribution in [0.4, 0.5) is 8.78 Å². The average molecular weight is 242 g/mol. The summed E-state index contributed by atoms with van der Waals surface area (Å²) in [5.74, 6) is 5.89. The van der Waals surface area contributed by atoms with Crippen molar-refractivity contribution < 1.29 is 13.9 Å². The molecule has 0 spiro atoms. The van der Waals surface area contributed by atoms with Crippen LogP contribution in [0.5, 0.6) is 0 Å². The van der Waals surface area contributed by atoms with Crippen LogP contribution in [0, 0.1) is 23.7 Å². The van der Waals surface area contributed by atoms with Gasteiger partial charge in [-0.3, -0.25) is 0 Å². The standard InChI is InChI=1S/C14H20F2O/c15-13-11(8-9-12(17)14(13)16)7-6-10-4-2-1-3-5-10/h10-14,17H,1-5,8-9H2. The number of hydrogen-bond acceptors (Lipinski definition) is 1. The minimum atomic E-state index is -1.76. The van der Waals surface area contributed by atoms with Gasteiger partial charge in [-0.05, 0) is 25.7 Å². The number of aliphatic hydroxyl groups is 1. The molecule has 4 unspecified atom stereocenters. The second kappa shape index (κ2) is 5.82. The Morgan fingerprint density at radius 1 is 0.824 bits per heavy atom. The zero-order chi connectivity index (χ0) is 12.3. The van der Waals surface area contributed by atoms with Crippen molar-refractivity contribution in [2.75, 3.05) is 0 Å². The monoisotopic (exact) mass is 242 g/mol. The Morgan fingerprint density at radius 2 is 1.53 bits per heavy atom. The highest BCUT2D eigenvalue weighted by atomic mass is 19.2. The number of rotatable bonds is 0. The van der Waals surface area contributed by atoms with Crippen LogP contribution in [-0.4, -0.2) is 23.6 Å². The molecule has 0 heterocycles. The van der Waals surface area contributed by atoms with E-state index < -0.39 is 24.4 Å². The van der Waals surface area contributed by atoms with Crippen molar-refractivity contribution in [1.82, 2.24) is 0 Å². The Morgan fingerprint density at radius 3 is 2.24 bits per heavy atom. The SMILES string of the molecule is OC1CCC(C#CC2CCCCC2)C(F)C1F. The summed E-state index contributed by atoms with van der Waals surface area (Å²) in [4.78, 5) is 0. The Balaban J connectivity index is 1.91. The summed E-state index contributed by atoms with van der Waals surface area (Å²) in [6.07, 6.45) is 2.15. The highest BCUT2D eigenvalue weighted by Crippen LogP contribution is 2.30. The minimum Gasteiger partial charge on any atom is -0.390 e. The summed E-state index contributed by atoms with van der Waals surface area (Å²) in [6.45, 7) is 0. The van der Waals surface area contributed by atoms with Gasteiger partial charge in [0.15, 0.2) is 6.17 Å². The molecule has 2 saturated carbocycles. The predicted molar refractivity (Wildman–Crippen MR) is 62.9 cm³/mol. The van der Waals surface area contributed by atoms with Crippen molar-refractivity contribution in [3.8, 4) is 11.8 Å². The maximum atomic E-state index is 13.6. The van der Waals surface area contributed by atoms with Gasteiger partial charge in [0.25, 0.3) is 0 Å². The molecule has 2 fully saturated rings. The molecule has 0 aliphatic heterocycles. The molecule has 4 atom stereocenters. The van der Waals surface area contributed by atoms with Gasteiger partial charge in [0.1, 0.15) is 6.17 Å². The van der Waals surface area contributed by atoms with E-state index in [9.17, 15) is 13.9 Å². The van der Waals surface area contributed by atoms with E-state index in [4.69, 9.17) is 0 Å². The summed E-state index contributed by atoms with van der Waals surface area (Å²) >= 11 is 0. The first-order chi connectivity index (χ1) is 8.18. The lowest BCUT2D eigenvalue weighted by molar-refractivity contribution is -0.0217. The van der Waals surface area contributed by atoms with Gasteiger partial charge in [-0.25, -0.2) is 8.78 Å². The van der Waals surface area contributed by atoms with Crippen LogP contribution >= 0.6 is 0 Å². The third-order valence-corrected chi connectivity index (χ3v) is 3.91. The molecule has 2 aliphatic carbocycles.